The van der Waals surface area contributed by atoms with Crippen LogP contribution in [-0.2, 0) is 0 Å². The molecule has 1 N–H and O–H groups in total. The van der Waals surface area contributed by atoms with Gasteiger partial charge in [-0.25, -0.2) is 0 Å². The molecular weight excluding hydrogens is 284 g/mol. The number of phenols is 1. The molecule has 0 atom stereocenters. The molecule has 0 aliphatic heterocycles. The first-order chi connectivity index (χ1) is 9.41. The van der Waals surface area contributed by atoms with Gasteiger partial charge in [-0.15, -0.1) is 0 Å². The fourth-order valence-corrected chi connectivity index (χ4v) is 2.30. The van der Waals surface area contributed by atoms with Crippen molar-refractivity contribution in [2.24, 2.45) is 0 Å². The smallest absolute Gasteiger partial charge is 0.233 e. The summed E-state index contributed by atoms with van der Waals surface area (Å²) in [5.74, 6) is -2.33. The van der Waals surface area contributed by atoms with Gasteiger partial charge in [0.05, 0.1) is 16.1 Å². The first-order valence-electron chi connectivity index (χ1n) is 5.67. The maximum atomic E-state index is 12.3. The number of Topliss-reactive ketones (excluding diaryl/α,β-unsaturated/α-hetero) is 1. The van der Waals surface area contributed by atoms with Crippen LogP contribution in [0.2, 0.25) is 5.02 Å². The van der Waals surface area contributed by atoms with Crippen LogP contribution in [0.25, 0.3) is 0 Å². The molecule has 0 unspecified atom stereocenters. The summed E-state index contributed by atoms with van der Waals surface area (Å²) < 4.78 is 5.13. The van der Waals surface area contributed by atoms with Crippen LogP contribution >= 0.6 is 11.6 Å². The molecule has 1 aromatic heterocycles. The van der Waals surface area contributed by atoms with E-state index in [4.69, 9.17) is 16.0 Å². The van der Waals surface area contributed by atoms with E-state index in [9.17, 15) is 19.5 Å². The molecule has 0 spiro atoms. The zero-order valence-corrected chi connectivity index (χ0v) is 10.9. The Morgan fingerprint density at radius 2 is 1.90 bits per heavy atom. The van der Waals surface area contributed by atoms with Crippen LogP contribution in [0.4, 0.5) is 0 Å². The zero-order valence-electron chi connectivity index (χ0n) is 10.2. The second kappa shape index (κ2) is 4.05. The lowest BCUT2D eigenvalue weighted by Crippen LogP contribution is -2.19. The van der Waals surface area contributed by atoms with Crippen LogP contribution in [0.15, 0.2) is 22.6 Å². The van der Waals surface area contributed by atoms with Crippen molar-refractivity contribution in [3.63, 3.8) is 0 Å². The predicted molar refractivity (Wildman–Crippen MR) is 68.7 cm³/mol. The highest BCUT2D eigenvalue weighted by Gasteiger charge is 2.36. The van der Waals surface area contributed by atoms with Crippen LogP contribution in [-0.4, -0.2) is 22.5 Å². The minimum atomic E-state index is -0.665. The molecule has 20 heavy (non-hydrogen) atoms. The van der Waals surface area contributed by atoms with Gasteiger partial charge in [0.2, 0.25) is 5.78 Å². The third-order valence-corrected chi connectivity index (χ3v) is 3.44. The molecule has 5 nitrogen and oxygen atoms in total. The van der Waals surface area contributed by atoms with Gasteiger partial charge in [-0.3, -0.25) is 14.4 Å². The maximum Gasteiger partial charge on any atom is 0.233 e. The SMILES string of the molecule is CC(=O)c1cc2c(o1)C(=O)c1c(ccc(Cl)c1O)C2=O. The van der Waals surface area contributed by atoms with Crippen molar-refractivity contribution >= 4 is 29.0 Å². The van der Waals surface area contributed by atoms with E-state index in [2.05, 4.69) is 0 Å². The van der Waals surface area contributed by atoms with E-state index in [1.54, 1.807) is 0 Å². The topological polar surface area (TPSA) is 84.6 Å². The number of carbonyl (C=O) groups excluding carboxylic acids is 3. The van der Waals surface area contributed by atoms with Crippen LogP contribution in [0, 0.1) is 0 Å². The number of benzene rings is 1. The molecule has 0 radical (unpaired) electrons. The third kappa shape index (κ3) is 1.53. The Hall–Kier alpha value is -2.40. The largest absolute Gasteiger partial charge is 0.506 e. The van der Waals surface area contributed by atoms with Gasteiger partial charge >= 0.3 is 0 Å². The second-order valence-electron chi connectivity index (χ2n) is 4.39. The van der Waals surface area contributed by atoms with E-state index in [-0.39, 0.29) is 33.2 Å². The third-order valence-electron chi connectivity index (χ3n) is 3.13. The molecule has 1 aliphatic carbocycles. The van der Waals surface area contributed by atoms with Gasteiger partial charge in [0.1, 0.15) is 5.75 Å². The van der Waals surface area contributed by atoms with Crippen molar-refractivity contribution in [3.8, 4) is 5.75 Å². The minimum absolute atomic E-state index is 0.0226. The molecule has 0 saturated carbocycles. The quantitative estimate of drug-likeness (QED) is 0.696. The predicted octanol–water partition coefficient (Wildman–Crippen LogP) is 2.62. The summed E-state index contributed by atoms with van der Waals surface area (Å²) in [7, 11) is 0. The highest BCUT2D eigenvalue weighted by Crippen LogP contribution is 2.37. The number of aromatic hydroxyl groups is 1. The Morgan fingerprint density at radius 1 is 1.20 bits per heavy atom. The van der Waals surface area contributed by atoms with Gasteiger partial charge in [-0.2, -0.15) is 0 Å². The van der Waals surface area contributed by atoms with Crippen molar-refractivity contribution in [3.05, 3.63) is 51.4 Å². The van der Waals surface area contributed by atoms with Crippen molar-refractivity contribution in [1.82, 2.24) is 0 Å². The van der Waals surface area contributed by atoms with E-state index >= 15 is 0 Å². The lowest BCUT2D eigenvalue weighted by molar-refractivity contribution is 0.0945. The molecule has 0 fully saturated rings. The van der Waals surface area contributed by atoms with E-state index in [1.165, 1.54) is 25.1 Å². The summed E-state index contributed by atoms with van der Waals surface area (Å²) in [5.41, 5.74) is -0.130. The summed E-state index contributed by atoms with van der Waals surface area (Å²) in [6.07, 6.45) is 0. The van der Waals surface area contributed by atoms with E-state index < -0.39 is 23.1 Å². The van der Waals surface area contributed by atoms with Crippen molar-refractivity contribution < 1.29 is 23.9 Å². The van der Waals surface area contributed by atoms with Crippen LogP contribution in [0.3, 0.4) is 0 Å². The Morgan fingerprint density at radius 3 is 2.55 bits per heavy atom. The number of hydrogen-bond acceptors (Lipinski definition) is 5. The normalized spacial score (nSPS) is 13.1. The fourth-order valence-electron chi connectivity index (χ4n) is 2.15. The Balaban J connectivity index is 2.31. The monoisotopic (exact) mass is 290 g/mol. The molecule has 1 aliphatic rings. The van der Waals surface area contributed by atoms with Gasteiger partial charge in [-0.05, 0) is 18.2 Å². The number of hydrogen-bond donors (Lipinski definition) is 1. The summed E-state index contributed by atoms with van der Waals surface area (Å²) in [4.78, 5) is 35.8. The van der Waals surface area contributed by atoms with Crippen LogP contribution in [0.1, 0.15) is 49.5 Å². The van der Waals surface area contributed by atoms with Gasteiger partial charge in [0, 0.05) is 12.5 Å². The van der Waals surface area contributed by atoms with Crippen LogP contribution in [0.5, 0.6) is 5.75 Å². The molecule has 0 bridgehead atoms. The number of fused-ring (bicyclic) bond motifs is 2. The first-order valence-corrected chi connectivity index (χ1v) is 6.05. The van der Waals surface area contributed by atoms with Crippen molar-refractivity contribution in [2.75, 3.05) is 0 Å². The molecule has 0 amide bonds. The van der Waals surface area contributed by atoms with Crippen molar-refractivity contribution in [1.29, 1.82) is 0 Å². The summed E-state index contributed by atoms with van der Waals surface area (Å²) in [5, 5.41) is 9.82. The number of ketones is 3. The second-order valence-corrected chi connectivity index (χ2v) is 4.79. The van der Waals surface area contributed by atoms with Gasteiger partial charge < -0.3 is 9.52 Å². The minimum Gasteiger partial charge on any atom is -0.506 e. The van der Waals surface area contributed by atoms with E-state index in [1.807, 2.05) is 0 Å². The lowest BCUT2D eigenvalue weighted by atomic mass is 9.88. The fraction of sp³-hybridized carbons (Fsp3) is 0.0714. The average Bonchev–Trinajstić information content (AvgIpc) is 2.85. The molecule has 3 rings (SSSR count). The number of halogens is 1. The number of carbonyl (C=O) groups is 3. The molecule has 1 heterocycles. The lowest BCUT2D eigenvalue weighted by Gasteiger charge is -2.14. The molecule has 0 saturated heterocycles. The van der Waals surface area contributed by atoms with Gasteiger partial charge in [0.15, 0.2) is 23.1 Å². The Labute approximate surface area is 117 Å². The van der Waals surface area contributed by atoms with Gasteiger partial charge in [-0.1, -0.05) is 11.6 Å². The Bertz CT molecular complexity index is 800. The first kappa shape index (κ1) is 12.6. The summed E-state index contributed by atoms with van der Waals surface area (Å²) in [6.45, 7) is 1.26. The van der Waals surface area contributed by atoms with E-state index in [0.29, 0.717) is 0 Å². The molecule has 100 valence electrons. The van der Waals surface area contributed by atoms with Gasteiger partial charge in [0.25, 0.3) is 0 Å². The zero-order chi connectivity index (χ0) is 14.6. The standard InChI is InChI=1S/C14H7ClO5/c1-5(16)9-4-7-11(17)6-2-3-8(15)12(18)10(6)13(19)14(7)20-9/h2-4,18H,1H3. The number of rotatable bonds is 1. The van der Waals surface area contributed by atoms with Crippen LogP contribution < -0.4 is 0 Å². The number of furan rings is 1. The van der Waals surface area contributed by atoms with E-state index in [0.717, 1.165) is 0 Å². The highest BCUT2D eigenvalue weighted by molar-refractivity contribution is 6.35. The summed E-state index contributed by atoms with van der Waals surface area (Å²) >= 11 is 5.74. The molecule has 6 heteroatoms. The molecule has 1 aromatic carbocycles. The number of phenolic OH excluding ortho intramolecular Hbond substituents is 1. The highest BCUT2D eigenvalue weighted by atomic mass is 35.5. The maximum absolute atomic E-state index is 12.3. The average molecular weight is 291 g/mol. The Kier molecular flexibility index (Phi) is 2.55. The summed E-state index contributed by atoms with van der Waals surface area (Å²) in [6, 6.07) is 3.94. The molecule has 2 aromatic rings. The van der Waals surface area contributed by atoms with Crippen molar-refractivity contribution in [2.45, 2.75) is 6.92 Å². The molecular formula is C14H7ClO5.